The van der Waals surface area contributed by atoms with Crippen LogP contribution in [0.1, 0.15) is 0 Å². The van der Waals surface area contributed by atoms with Gasteiger partial charge in [-0.1, -0.05) is 48.5 Å². The van der Waals surface area contributed by atoms with Crippen molar-refractivity contribution in [3.63, 3.8) is 0 Å². The van der Waals surface area contributed by atoms with Crippen LogP contribution in [0.4, 0.5) is 5.69 Å². The van der Waals surface area contributed by atoms with Crippen molar-refractivity contribution >= 4 is 16.6 Å². The molecular formula is C17H18N4. The third-order valence-corrected chi connectivity index (χ3v) is 3.88. The maximum atomic E-state index is 3.58. The molecule has 0 saturated carbocycles. The third kappa shape index (κ3) is 2.28. The second-order valence-electron chi connectivity index (χ2n) is 5.27. The van der Waals surface area contributed by atoms with Crippen molar-refractivity contribution < 1.29 is 0 Å². The average Bonchev–Trinajstić information content (AvgIpc) is 3.17. The highest BCUT2D eigenvalue weighted by Gasteiger charge is 2.18. The lowest BCUT2D eigenvalue weighted by atomic mass is 10.1. The van der Waals surface area contributed by atoms with Crippen LogP contribution in [0.2, 0.25) is 0 Å². The molecule has 0 aliphatic carbocycles. The van der Waals surface area contributed by atoms with Crippen molar-refractivity contribution in [2.24, 2.45) is 0 Å². The molecule has 4 heteroatoms. The van der Waals surface area contributed by atoms with Crippen LogP contribution in [0.25, 0.3) is 22.2 Å². The van der Waals surface area contributed by atoms with Gasteiger partial charge in [-0.3, -0.25) is 10.6 Å². The fourth-order valence-corrected chi connectivity index (χ4v) is 2.86. The van der Waals surface area contributed by atoms with Crippen LogP contribution in [-0.2, 0) is 0 Å². The van der Waals surface area contributed by atoms with E-state index in [1.165, 1.54) is 10.9 Å². The molecule has 3 aromatic rings. The van der Waals surface area contributed by atoms with Gasteiger partial charge in [-0.15, -0.1) is 0 Å². The highest BCUT2D eigenvalue weighted by Crippen LogP contribution is 2.35. The monoisotopic (exact) mass is 278 g/mol. The van der Waals surface area contributed by atoms with Crippen molar-refractivity contribution in [2.75, 3.05) is 18.4 Å². The first kappa shape index (κ1) is 12.4. The van der Waals surface area contributed by atoms with Crippen molar-refractivity contribution in [1.82, 2.24) is 15.6 Å². The fraction of sp³-hybridized carbons (Fsp3) is 0.176. The summed E-state index contributed by atoms with van der Waals surface area (Å²) in [6.07, 6.45) is 0.117. The molecular weight excluding hydrogens is 260 g/mol. The summed E-state index contributed by atoms with van der Waals surface area (Å²) in [4.78, 5) is 3.54. The van der Waals surface area contributed by atoms with E-state index in [0.717, 1.165) is 30.0 Å². The number of fused-ring (bicyclic) bond motifs is 1. The van der Waals surface area contributed by atoms with Gasteiger partial charge >= 0.3 is 0 Å². The van der Waals surface area contributed by atoms with Gasteiger partial charge in [0.25, 0.3) is 0 Å². The molecule has 21 heavy (non-hydrogen) atoms. The Labute approximate surface area is 123 Å². The molecule has 0 spiro atoms. The first-order valence-electron chi connectivity index (χ1n) is 7.31. The van der Waals surface area contributed by atoms with Crippen molar-refractivity contribution in [3.8, 4) is 11.3 Å². The first-order chi connectivity index (χ1) is 10.4. The molecule has 0 unspecified atom stereocenters. The Hall–Kier alpha value is -2.30. The van der Waals surface area contributed by atoms with E-state index in [4.69, 9.17) is 0 Å². The summed E-state index contributed by atoms with van der Waals surface area (Å²) in [5, 5.41) is 11.6. The maximum absolute atomic E-state index is 3.58. The van der Waals surface area contributed by atoms with Crippen molar-refractivity contribution in [2.45, 2.75) is 6.29 Å². The Kier molecular flexibility index (Phi) is 3.10. The lowest BCUT2D eigenvalue weighted by Gasteiger charge is -2.16. The summed E-state index contributed by atoms with van der Waals surface area (Å²) in [5.74, 6) is 0. The topological polar surface area (TPSA) is 51.9 Å². The third-order valence-electron chi connectivity index (χ3n) is 3.88. The van der Waals surface area contributed by atoms with Crippen LogP contribution in [-0.4, -0.2) is 24.4 Å². The van der Waals surface area contributed by atoms with Gasteiger partial charge in [0.05, 0.1) is 11.4 Å². The summed E-state index contributed by atoms with van der Waals surface area (Å²) in [6.45, 7) is 1.97. The number of rotatable bonds is 3. The minimum absolute atomic E-state index is 0.117. The van der Waals surface area contributed by atoms with Gasteiger partial charge in [0.2, 0.25) is 0 Å². The zero-order valence-corrected chi connectivity index (χ0v) is 11.7. The Morgan fingerprint density at radius 3 is 2.38 bits per heavy atom. The quantitative estimate of drug-likeness (QED) is 0.596. The van der Waals surface area contributed by atoms with Crippen LogP contribution in [0.15, 0.2) is 54.6 Å². The van der Waals surface area contributed by atoms with E-state index in [-0.39, 0.29) is 6.29 Å². The molecule has 0 amide bonds. The molecule has 4 N–H and O–H groups in total. The largest absolute Gasteiger partial charge is 0.355 e. The number of aromatic amines is 1. The number of aromatic nitrogens is 1. The first-order valence-corrected chi connectivity index (χ1v) is 7.31. The number of hydrogen-bond acceptors (Lipinski definition) is 3. The van der Waals surface area contributed by atoms with Crippen LogP contribution in [0.5, 0.6) is 0 Å². The highest BCUT2D eigenvalue weighted by atomic mass is 15.3. The van der Waals surface area contributed by atoms with Gasteiger partial charge in [0.1, 0.15) is 6.29 Å². The van der Waals surface area contributed by atoms with Crippen LogP contribution in [0, 0.1) is 0 Å². The van der Waals surface area contributed by atoms with E-state index in [0.29, 0.717) is 0 Å². The second-order valence-corrected chi connectivity index (χ2v) is 5.27. The van der Waals surface area contributed by atoms with E-state index >= 15 is 0 Å². The molecule has 0 bridgehead atoms. The minimum Gasteiger partial charge on any atom is -0.355 e. The Bertz CT molecular complexity index is 742. The minimum atomic E-state index is 0.117. The number of H-pyrrole nitrogens is 1. The smallest absolute Gasteiger partial charge is 0.132 e. The molecule has 106 valence electrons. The zero-order valence-electron chi connectivity index (χ0n) is 11.7. The molecule has 1 fully saturated rings. The molecule has 4 rings (SSSR count). The Morgan fingerprint density at radius 2 is 1.57 bits per heavy atom. The molecule has 1 aromatic heterocycles. The van der Waals surface area contributed by atoms with Gasteiger partial charge in [-0.2, -0.15) is 0 Å². The van der Waals surface area contributed by atoms with E-state index in [9.17, 15) is 0 Å². The molecule has 1 aliphatic rings. The molecule has 4 nitrogen and oxygen atoms in total. The maximum Gasteiger partial charge on any atom is 0.132 e. The Balaban J connectivity index is 1.84. The molecule has 0 radical (unpaired) electrons. The van der Waals surface area contributed by atoms with Gasteiger partial charge in [0, 0.05) is 29.6 Å². The zero-order chi connectivity index (χ0) is 14.1. The van der Waals surface area contributed by atoms with Crippen molar-refractivity contribution in [3.05, 3.63) is 54.6 Å². The normalized spacial score (nSPS) is 15.6. The summed E-state index contributed by atoms with van der Waals surface area (Å²) in [7, 11) is 0. The van der Waals surface area contributed by atoms with Gasteiger partial charge in [-0.05, 0) is 6.07 Å². The van der Waals surface area contributed by atoms with Crippen LogP contribution >= 0.6 is 0 Å². The predicted octanol–water partition coefficient (Wildman–Crippen LogP) is 2.72. The van der Waals surface area contributed by atoms with E-state index in [2.05, 4.69) is 69.5 Å². The van der Waals surface area contributed by atoms with Gasteiger partial charge < -0.3 is 10.3 Å². The van der Waals surface area contributed by atoms with E-state index < -0.39 is 0 Å². The average molecular weight is 278 g/mol. The van der Waals surface area contributed by atoms with E-state index in [1.807, 2.05) is 6.07 Å². The van der Waals surface area contributed by atoms with Gasteiger partial charge in [0.15, 0.2) is 0 Å². The number of para-hydroxylation sites is 1. The van der Waals surface area contributed by atoms with Crippen LogP contribution in [0.3, 0.4) is 0 Å². The van der Waals surface area contributed by atoms with E-state index in [1.54, 1.807) is 0 Å². The number of benzene rings is 2. The standard InChI is InChI=1S/C17H18N4/c1-2-6-12(7-3-1)15-16(21-17-18-10-11-19-17)13-8-4-5-9-14(13)20-15/h1-9,17-21H,10-11H2. The fourth-order valence-electron chi connectivity index (χ4n) is 2.86. The summed E-state index contributed by atoms with van der Waals surface area (Å²) < 4.78 is 0. The predicted molar refractivity (Wildman–Crippen MR) is 87.2 cm³/mol. The summed E-state index contributed by atoms with van der Waals surface area (Å²) in [6, 6.07) is 18.8. The summed E-state index contributed by atoms with van der Waals surface area (Å²) in [5.41, 5.74) is 4.61. The molecule has 2 aromatic carbocycles. The number of hydrogen-bond donors (Lipinski definition) is 4. The molecule has 0 atom stereocenters. The lowest BCUT2D eigenvalue weighted by Crippen LogP contribution is -2.38. The SMILES string of the molecule is c1ccc(-c2[nH]c3ccccc3c2NC2NCCN2)cc1. The number of nitrogens with one attached hydrogen (secondary N) is 4. The van der Waals surface area contributed by atoms with Gasteiger partial charge in [-0.25, -0.2) is 0 Å². The van der Waals surface area contributed by atoms with Crippen molar-refractivity contribution in [1.29, 1.82) is 0 Å². The lowest BCUT2D eigenvalue weighted by molar-refractivity contribution is 0.621. The number of anilines is 1. The molecule has 1 saturated heterocycles. The highest BCUT2D eigenvalue weighted by molar-refractivity contribution is 6.01. The molecule has 2 heterocycles. The Morgan fingerprint density at radius 1 is 0.857 bits per heavy atom. The molecule has 1 aliphatic heterocycles. The second kappa shape index (κ2) is 5.24. The summed E-state index contributed by atoms with van der Waals surface area (Å²) >= 11 is 0. The van der Waals surface area contributed by atoms with Crippen LogP contribution < -0.4 is 16.0 Å².